The van der Waals surface area contributed by atoms with Crippen molar-refractivity contribution in [3.63, 3.8) is 0 Å². The summed E-state index contributed by atoms with van der Waals surface area (Å²) in [6, 6.07) is 0. The first-order valence-electron chi connectivity index (χ1n) is 4.96. The topological polar surface area (TPSA) is 42.7 Å². The highest BCUT2D eigenvalue weighted by molar-refractivity contribution is 7.11. The minimum absolute atomic E-state index is 0.746. The maximum Gasteiger partial charge on any atom is 0.203 e. The summed E-state index contributed by atoms with van der Waals surface area (Å²) in [6.45, 7) is 5.84. The van der Waals surface area contributed by atoms with Gasteiger partial charge in [-0.15, -0.1) is 11.3 Å². The first-order valence-corrected chi connectivity index (χ1v) is 5.77. The monoisotopic (exact) mass is 222 g/mol. The van der Waals surface area contributed by atoms with Gasteiger partial charge in [-0.2, -0.15) is 0 Å². The maximum atomic E-state index is 4.29. The van der Waals surface area contributed by atoms with E-state index >= 15 is 0 Å². The largest absolute Gasteiger partial charge is 0.349 e. The van der Waals surface area contributed by atoms with E-state index in [1.54, 1.807) is 17.5 Å². The fourth-order valence-corrected chi connectivity index (χ4v) is 2.10. The number of hydrogen-bond acceptors (Lipinski definition) is 4. The molecule has 0 spiro atoms. The quantitative estimate of drug-likeness (QED) is 0.863. The Kier molecular flexibility index (Phi) is 3.01. The number of anilines is 1. The van der Waals surface area contributed by atoms with Crippen LogP contribution in [-0.4, -0.2) is 14.5 Å². The number of thiazole rings is 1. The van der Waals surface area contributed by atoms with Gasteiger partial charge in [0.15, 0.2) is 0 Å². The van der Waals surface area contributed by atoms with E-state index in [4.69, 9.17) is 0 Å². The number of nitrogens with one attached hydrogen (secondary N) is 1. The smallest absolute Gasteiger partial charge is 0.203 e. The van der Waals surface area contributed by atoms with Crippen molar-refractivity contribution in [1.82, 2.24) is 14.5 Å². The molecule has 1 N–H and O–H groups in total. The molecule has 2 aromatic rings. The number of aryl methyl sites for hydroxylation is 2. The van der Waals surface area contributed by atoms with Gasteiger partial charge in [0.1, 0.15) is 5.01 Å². The highest BCUT2D eigenvalue weighted by Crippen LogP contribution is 2.13. The average Bonchev–Trinajstić information content (AvgIpc) is 2.83. The van der Waals surface area contributed by atoms with Gasteiger partial charge in [-0.1, -0.05) is 0 Å². The third kappa shape index (κ3) is 2.36. The molecule has 5 heteroatoms. The molecule has 0 atom stereocenters. The first-order chi connectivity index (χ1) is 7.29. The van der Waals surface area contributed by atoms with Crippen molar-refractivity contribution in [2.45, 2.75) is 26.9 Å². The van der Waals surface area contributed by atoms with Crippen molar-refractivity contribution >= 4 is 17.3 Å². The van der Waals surface area contributed by atoms with Crippen LogP contribution in [-0.2, 0) is 13.1 Å². The molecule has 80 valence electrons. The van der Waals surface area contributed by atoms with E-state index in [0.717, 1.165) is 24.0 Å². The highest BCUT2D eigenvalue weighted by Gasteiger charge is 2.02. The zero-order chi connectivity index (χ0) is 10.7. The lowest BCUT2D eigenvalue weighted by molar-refractivity contribution is 0.763. The van der Waals surface area contributed by atoms with Gasteiger partial charge < -0.3 is 9.88 Å². The van der Waals surface area contributed by atoms with E-state index in [9.17, 15) is 0 Å². The molecule has 4 nitrogen and oxygen atoms in total. The minimum atomic E-state index is 0.746. The molecule has 2 heterocycles. The molecule has 0 bridgehead atoms. The zero-order valence-electron chi connectivity index (χ0n) is 8.90. The van der Waals surface area contributed by atoms with Crippen LogP contribution in [0.25, 0.3) is 0 Å². The summed E-state index contributed by atoms with van der Waals surface area (Å²) in [5.74, 6) is 0.908. The van der Waals surface area contributed by atoms with E-state index in [1.807, 2.05) is 12.4 Å². The Morgan fingerprint density at radius 1 is 1.47 bits per heavy atom. The van der Waals surface area contributed by atoms with E-state index in [1.165, 1.54) is 4.88 Å². The molecule has 0 saturated carbocycles. The lowest BCUT2D eigenvalue weighted by atomic mass is 10.6. The number of aromatic nitrogens is 3. The van der Waals surface area contributed by atoms with Crippen LogP contribution in [0.5, 0.6) is 0 Å². The van der Waals surface area contributed by atoms with Crippen LogP contribution >= 0.6 is 11.3 Å². The Balaban J connectivity index is 1.98. The minimum Gasteiger partial charge on any atom is -0.349 e. The lowest BCUT2D eigenvalue weighted by Gasteiger charge is -2.05. The number of hydrogen-bond donors (Lipinski definition) is 1. The third-order valence-corrected chi connectivity index (χ3v) is 3.04. The van der Waals surface area contributed by atoms with Gasteiger partial charge >= 0.3 is 0 Å². The summed E-state index contributed by atoms with van der Waals surface area (Å²) in [4.78, 5) is 9.77. The van der Waals surface area contributed by atoms with Crippen LogP contribution in [0, 0.1) is 6.92 Å². The molecular weight excluding hydrogens is 208 g/mol. The highest BCUT2D eigenvalue weighted by atomic mass is 32.1. The normalized spacial score (nSPS) is 10.5. The average molecular weight is 222 g/mol. The molecule has 0 radical (unpaired) electrons. The van der Waals surface area contributed by atoms with Crippen LogP contribution in [0.4, 0.5) is 5.95 Å². The Morgan fingerprint density at radius 3 is 3.00 bits per heavy atom. The summed E-state index contributed by atoms with van der Waals surface area (Å²) >= 11 is 1.71. The van der Waals surface area contributed by atoms with Crippen LogP contribution in [0.3, 0.4) is 0 Å². The van der Waals surface area contributed by atoms with Crippen LogP contribution in [0.1, 0.15) is 16.8 Å². The predicted molar refractivity (Wildman–Crippen MR) is 62.1 cm³/mol. The van der Waals surface area contributed by atoms with Crippen molar-refractivity contribution in [2.75, 3.05) is 5.32 Å². The molecule has 0 aliphatic carbocycles. The van der Waals surface area contributed by atoms with Gasteiger partial charge in [0.2, 0.25) is 5.95 Å². The van der Waals surface area contributed by atoms with Crippen LogP contribution in [0.2, 0.25) is 0 Å². The second-order valence-electron chi connectivity index (χ2n) is 3.26. The van der Waals surface area contributed by atoms with Crippen molar-refractivity contribution in [3.8, 4) is 0 Å². The van der Waals surface area contributed by atoms with Gasteiger partial charge in [-0.05, 0) is 13.8 Å². The van der Waals surface area contributed by atoms with E-state index in [0.29, 0.717) is 0 Å². The van der Waals surface area contributed by atoms with E-state index in [2.05, 4.69) is 33.7 Å². The van der Waals surface area contributed by atoms with E-state index in [-0.39, 0.29) is 0 Å². The molecule has 2 rings (SSSR count). The summed E-state index contributed by atoms with van der Waals surface area (Å²) in [5.41, 5.74) is 0. The van der Waals surface area contributed by atoms with Gasteiger partial charge in [-0.3, -0.25) is 0 Å². The Bertz CT molecular complexity index is 432. The van der Waals surface area contributed by atoms with Crippen molar-refractivity contribution in [3.05, 3.63) is 28.5 Å². The molecule has 0 fully saturated rings. The molecule has 0 saturated heterocycles. The third-order valence-electron chi connectivity index (χ3n) is 2.12. The Hall–Kier alpha value is -1.36. The van der Waals surface area contributed by atoms with Crippen molar-refractivity contribution in [2.24, 2.45) is 0 Å². The fourth-order valence-electron chi connectivity index (χ4n) is 1.37. The van der Waals surface area contributed by atoms with Gasteiger partial charge in [0, 0.05) is 30.0 Å². The van der Waals surface area contributed by atoms with E-state index < -0.39 is 0 Å². The molecule has 0 aliphatic rings. The fraction of sp³-hybridized carbons (Fsp3) is 0.400. The van der Waals surface area contributed by atoms with Gasteiger partial charge in [0.05, 0.1) is 6.54 Å². The summed E-state index contributed by atoms with van der Waals surface area (Å²) in [5, 5.41) is 4.37. The van der Waals surface area contributed by atoms with Crippen LogP contribution in [0.15, 0.2) is 18.6 Å². The molecule has 0 amide bonds. The maximum absolute atomic E-state index is 4.29. The van der Waals surface area contributed by atoms with Gasteiger partial charge in [-0.25, -0.2) is 9.97 Å². The molecule has 15 heavy (non-hydrogen) atoms. The van der Waals surface area contributed by atoms with Crippen molar-refractivity contribution < 1.29 is 0 Å². The molecule has 0 aromatic carbocycles. The predicted octanol–water partition coefficient (Wildman–Crippen LogP) is 2.28. The molecular formula is C10H14N4S. The van der Waals surface area contributed by atoms with Crippen molar-refractivity contribution in [1.29, 1.82) is 0 Å². The van der Waals surface area contributed by atoms with Crippen LogP contribution < -0.4 is 5.32 Å². The SMILES string of the molecule is CCn1ccnc1NCc1ncc(C)s1. The lowest BCUT2D eigenvalue weighted by Crippen LogP contribution is -2.05. The first kappa shape index (κ1) is 10.2. The number of imidazole rings is 1. The summed E-state index contributed by atoms with van der Waals surface area (Å²) in [7, 11) is 0. The standard InChI is InChI=1S/C10H14N4S/c1-3-14-5-4-11-10(14)13-7-9-12-6-8(2)15-9/h4-6H,3,7H2,1-2H3,(H,11,13). The number of nitrogens with zero attached hydrogens (tertiary/aromatic N) is 3. The second-order valence-corrected chi connectivity index (χ2v) is 4.57. The molecule has 0 aliphatic heterocycles. The van der Waals surface area contributed by atoms with Gasteiger partial charge in [0.25, 0.3) is 0 Å². The number of rotatable bonds is 4. The second kappa shape index (κ2) is 4.44. The Morgan fingerprint density at radius 2 is 2.33 bits per heavy atom. The zero-order valence-corrected chi connectivity index (χ0v) is 9.71. The summed E-state index contributed by atoms with van der Waals surface area (Å²) in [6.07, 6.45) is 5.67. The summed E-state index contributed by atoms with van der Waals surface area (Å²) < 4.78 is 2.07. The molecule has 0 unspecified atom stereocenters. The molecule has 2 aromatic heterocycles. The Labute approximate surface area is 93.0 Å².